The van der Waals surface area contributed by atoms with E-state index in [2.05, 4.69) is 23.4 Å². The second-order valence-electron chi connectivity index (χ2n) is 8.55. The summed E-state index contributed by atoms with van der Waals surface area (Å²) in [6.45, 7) is -4.49. The molecule has 0 spiro atoms. The van der Waals surface area contributed by atoms with Gasteiger partial charge in [-0.15, -0.1) is 60.2 Å². The largest absolute Gasteiger partial charge is 3.00 e. The van der Waals surface area contributed by atoms with Crippen LogP contribution in [0.3, 0.4) is 0 Å². The molecule has 0 aliphatic carbocycles. The number of para-hydroxylation sites is 2. The fourth-order valence-corrected chi connectivity index (χ4v) is 4.30. The molecule has 0 radical (unpaired) electrons. The van der Waals surface area contributed by atoms with Crippen LogP contribution in [0.15, 0.2) is 120 Å². The Morgan fingerprint density at radius 1 is 0.897 bits per heavy atom. The van der Waals surface area contributed by atoms with E-state index in [1.54, 1.807) is 41.3 Å². The summed E-state index contributed by atoms with van der Waals surface area (Å²) in [5.41, 5.74) is 5.95. The molecule has 5 heteroatoms. The van der Waals surface area contributed by atoms with E-state index in [1.807, 2.05) is 78.9 Å². The van der Waals surface area contributed by atoms with Gasteiger partial charge in [-0.2, -0.15) is 0 Å². The molecular weight excluding hydrogens is 659 g/mol. The van der Waals surface area contributed by atoms with Crippen molar-refractivity contribution >= 4 is 22.0 Å². The van der Waals surface area contributed by atoms with Crippen LogP contribution in [-0.4, -0.2) is 9.55 Å². The minimum absolute atomic E-state index is 0. The predicted molar refractivity (Wildman–Crippen MR) is 151 cm³/mol. The van der Waals surface area contributed by atoms with E-state index >= 15 is 0 Å². The predicted octanol–water partition coefficient (Wildman–Crippen LogP) is 7.32. The molecule has 4 nitrogen and oxygen atoms in total. The third-order valence-corrected chi connectivity index (χ3v) is 6.15. The Bertz CT molecular complexity index is 2050. The first kappa shape index (κ1) is 19.7. The number of nitrogens with zero attached hydrogens (tertiary/aromatic N) is 3. The molecule has 39 heavy (non-hydrogen) atoms. The molecule has 0 saturated heterocycles. The zero-order valence-electron chi connectivity index (χ0n) is 26.6. The van der Waals surface area contributed by atoms with Gasteiger partial charge in [-0.05, 0) is 23.7 Å². The van der Waals surface area contributed by atoms with Crippen LogP contribution >= 0.6 is 0 Å². The van der Waals surface area contributed by atoms with Gasteiger partial charge in [0.25, 0.3) is 0 Å². The Hall–Kier alpha value is -4.31. The van der Waals surface area contributed by atoms with Crippen molar-refractivity contribution in [2.24, 2.45) is 6.98 Å². The smallest absolute Gasteiger partial charge is 0.514 e. The fraction of sp³-hybridized carbons (Fsp3) is 0.0588. The molecule has 3 heterocycles. The summed E-state index contributed by atoms with van der Waals surface area (Å²) in [4.78, 5) is 4.42. The topological polar surface area (TPSA) is 34.8 Å². The van der Waals surface area contributed by atoms with Crippen LogP contribution in [-0.2, 0) is 27.1 Å². The molecule has 4 aromatic carbocycles. The first-order valence-corrected chi connectivity index (χ1v) is 12.0. The summed E-state index contributed by atoms with van der Waals surface area (Å²) in [5.74, 6) is 0. The van der Waals surface area contributed by atoms with Crippen molar-refractivity contribution in [3.63, 3.8) is 0 Å². The Balaban J connectivity index is 0.000000174. The van der Waals surface area contributed by atoms with Crippen molar-refractivity contribution in [3.05, 3.63) is 140 Å². The molecule has 0 saturated carbocycles. The number of aryl methyl sites for hydroxylation is 2. The third kappa shape index (κ3) is 5.33. The summed E-state index contributed by atoms with van der Waals surface area (Å²) >= 11 is 0. The van der Waals surface area contributed by atoms with Crippen LogP contribution < -0.4 is 4.57 Å². The van der Waals surface area contributed by atoms with Crippen molar-refractivity contribution in [3.8, 4) is 28.1 Å². The van der Waals surface area contributed by atoms with Crippen LogP contribution in [0, 0.1) is 25.3 Å². The molecule has 0 fully saturated rings. The summed E-state index contributed by atoms with van der Waals surface area (Å²) in [6, 6.07) is 37.5. The number of aromatic nitrogens is 3. The summed E-state index contributed by atoms with van der Waals surface area (Å²) in [5, 5.41) is 0.789. The number of imidazole rings is 1. The van der Waals surface area contributed by atoms with Gasteiger partial charge in [0.2, 0.25) is 6.33 Å². The standard InChI is InChI=1S/C18H14N.C16H11N2O.Ir/c1-14-12-18(16-10-6-3-7-11-16)19-13-17(14)15-8-4-2-5-9-15;1-17-11-18(14-8-4-3-7-13(14)17)15-10-19-16-9-5-2-6-12(15)16;/h2-10,12-13H,1H3;2-5,7-10H,1H3;/q2*-1;+3/i2*1D3;. The molecule has 0 bridgehead atoms. The maximum absolute atomic E-state index is 7.82. The number of pyridine rings is 1. The van der Waals surface area contributed by atoms with Gasteiger partial charge >= 0.3 is 20.1 Å². The quantitative estimate of drug-likeness (QED) is 0.144. The maximum atomic E-state index is 7.82. The second-order valence-corrected chi connectivity index (χ2v) is 8.55. The van der Waals surface area contributed by atoms with Crippen molar-refractivity contribution < 1.29 is 37.3 Å². The van der Waals surface area contributed by atoms with E-state index in [0.717, 1.165) is 27.7 Å². The van der Waals surface area contributed by atoms with E-state index in [0.29, 0.717) is 27.9 Å². The second kappa shape index (κ2) is 11.6. The van der Waals surface area contributed by atoms with Crippen molar-refractivity contribution in [2.75, 3.05) is 0 Å². The minimum Gasteiger partial charge on any atom is -0.514 e. The molecule has 3 aromatic heterocycles. The van der Waals surface area contributed by atoms with Gasteiger partial charge in [0.05, 0.1) is 34.1 Å². The molecule has 0 N–H and O–H groups in total. The van der Waals surface area contributed by atoms with Crippen LogP contribution in [0.25, 0.3) is 50.1 Å². The van der Waals surface area contributed by atoms with Crippen molar-refractivity contribution in [2.45, 2.75) is 6.85 Å². The molecule has 0 aliphatic heterocycles. The van der Waals surface area contributed by atoms with Gasteiger partial charge in [0, 0.05) is 21.5 Å². The average molecular weight is 690 g/mol. The molecule has 0 unspecified atom stereocenters. The number of fused-ring (bicyclic) bond motifs is 2. The molecule has 0 atom stereocenters. The van der Waals surface area contributed by atoms with Crippen molar-refractivity contribution in [1.29, 1.82) is 0 Å². The van der Waals surface area contributed by atoms with Gasteiger partial charge in [-0.1, -0.05) is 66.0 Å². The average Bonchev–Trinajstić information content (AvgIpc) is 3.63. The van der Waals surface area contributed by atoms with Crippen LogP contribution in [0.5, 0.6) is 0 Å². The molecule has 7 aromatic rings. The van der Waals surface area contributed by atoms with E-state index < -0.39 is 13.8 Å². The van der Waals surface area contributed by atoms with E-state index in [1.165, 1.54) is 4.57 Å². The zero-order valence-corrected chi connectivity index (χ0v) is 22.9. The van der Waals surface area contributed by atoms with Crippen LogP contribution in [0.1, 0.15) is 13.8 Å². The number of benzene rings is 4. The summed E-state index contributed by atoms with van der Waals surface area (Å²) in [6.07, 6.45) is 6.14. The normalized spacial score (nSPS) is 13.5. The number of hydrogen-bond acceptors (Lipinski definition) is 2. The van der Waals surface area contributed by atoms with E-state index in [4.69, 9.17) is 12.6 Å². The number of hydrogen-bond donors (Lipinski definition) is 0. The van der Waals surface area contributed by atoms with Gasteiger partial charge < -0.3 is 18.5 Å². The maximum Gasteiger partial charge on any atom is 3.00 e. The third-order valence-electron chi connectivity index (χ3n) is 6.15. The first-order valence-electron chi connectivity index (χ1n) is 15.0. The summed E-state index contributed by atoms with van der Waals surface area (Å²) < 4.78 is 54.9. The summed E-state index contributed by atoms with van der Waals surface area (Å²) in [7, 11) is 0. The molecule has 7 rings (SSSR count). The van der Waals surface area contributed by atoms with Gasteiger partial charge in [-0.25, -0.2) is 0 Å². The van der Waals surface area contributed by atoms with E-state index in [9.17, 15) is 0 Å². The molecule has 0 aliphatic rings. The monoisotopic (exact) mass is 690 g/mol. The van der Waals surface area contributed by atoms with E-state index in [-0.39, 0.29) is 20.1 Å². The Morgan fingerprint density at radius 2 is 1.72 bits per heavy atom. The van der Waals surface area contributed by atoms with Gasteiger partial charge in [-0.3, -0.25) is 0 Å². The van der Waals surface area contributed by atoms with Crippen molar-refractivity contribution in [1.82, 2.24) is 9.55 Å². The Labute approximate surface area is 250 Å². The minimum atomic E-state index is -2.30. The van der Waals surface area contributed by atoms with Crippen LogP contribution in [0.4, 0.5) is 0 Å². The van der Waals surface area contributed by atoms with Crippen LogP contribution in [0.2, 0.25) is 0 Å². The SMILES string of the molecule is [2H]C([2H])([2H])[n+]1[c-]n(-c2coc3ccc[c-]c23)c2ccccc21.[2H]C([2H])([2H])c1cc(-c2[c-]cccc2)ncc1-c1ccccc1.[Ir+3]. The molecular formula is C34H25IrN3O+. The zero-order chi connectivity index (χ0) is 30.9. The van der Waals surface area contributed by atoms with Gasteiger partial charge in [0.1, 0.15) is 0 Å². The number of rotatable bonds is 3. The first-order chi connectivity index (χ1) is 21.1. The molecule has 0 amide bonds. The Kier molecular flexibility index (Phi) is 5.87. The van der Waals surface area contributed by atoms with Gasteiger partial charge in [0.15, 0.2) is 0 Å². The fourth-order valence-electron chi connectivity index (χ4n) is 4.30. The Morgan fingerprint density at radius 3 is 2.54 bits per heavy atom. The molecule has 190 valence electrons. The number of furan rings is 1.